The first-order valence-electron chi connectivity index (χ1n) is 15.0. The molecule has 0 N–H and O–H groups in total. The average Bonchev–Trinajstić information content (AvgIpc) is 3.69. The molecular formula is C33H31F2N7O2. The van der Waals surface area contributed by atoms with E-state index in [2.05, 4.69) is 14.5 Å². The summed E-state index contributed by atoms with van der Waals surface area (Å²) < 4.78 is 31.5. The van der Waals surface area contributed by atoms with E-state index in [4.69, 9.17) is 10.1 Å². The maximum absolute atomic E-state index is 13.9. The van der Waals surface area contributed by atoms with Gasteiger partial charge >= 0.3 is 0 Å². The summed E-state index contributed by atoms with van der Waals surface area (Å²) in [5.41, 5.74) is 4.37. The van der Waals surface area contributed by atoms with Crippen LogP contribution in [0.3, 0.4) is 0 Å². The van der Waals surface area contributed by atoms with E-state index in [1.807, 2.05) is 24.0 Å². The summed E-state index contributed by atoms with van der Waals surface area (Å²) >= 11 is 0. The van der Waals surface area contributed by atoms with Gasteiger partial charge < -0.3 is 9.47 Å². The number of likely N-dealkylation sites (tertiary alicyclic amines) is 1. The third kappa shape index (κ3) is 5.38. The summed E-state index contributed by atoms with van der Waals surface area (Å²) in [4.78, 5) is 40.4. The lowest BCUT2D eigenvalue weighted by atomic mass is 10.0. The monoisotopic (exact) mass is 595 g/mol. The number of carbonyl (C=O) groups excluding carboxylic acids is 2. The molecule has 1 saturated carbocycles. The van der Waals surface area contributed by atoms with E-state index in [-0.39, 0.29) is 35.5 Å². The largest absolute Gasteiger partial charge is 0.343 e. The molecule has 5 heterocycles. The van der Waals surface area contributed by atoms with Crippen LogP contribution in [0, 0.1) is 11.8 Å². The highest BCUT2D eigenvalue weighted by molar-refractivity contribution is 5.97. The van der Waals surface area contributed by atoms with Crippen LogP contribution in [0.5, 0.6) is 0 Å². The second-order valence-electron chi connectivity index (χ2n) is 11.5. The number of pyridine rings is 1. The lowest BCUT2D eigenvalue weighted by Gasteiger charge is -2.34. The number of hydrogen-bond donors (Lipinski definition) is 0. The van der Waals surface area contributed by atoms with Gasteiger partial charge in [0.2, 0.25) is 11.9 Å². The van der Waals surface area contributed by atoms with Crippen LogP contribution in [0.2, 0.25) is 0 Å². The number of halogens is 2. The zero-order valence-corrected chi connectivity index (χ0v) is 24.3. The Bertz CT molecular complexity index is 1870. The molecule has 0 spiro atoms. The number of carbonyl (C=O) groups is 2. The van der Waals surface area contributed by atoms with E-state index in [1.54, 1.807) is 22.8 Å². The second-order valence-corrected chi connectivity index (χ2v) is 11.5. The molecule has 1 aromatic carbocycles. The fourth-order valence-corrected chi connectivity index (χ4v) is 6.09. The maximum atomic E-state index is 13.9. The van der Waals surface area contributed by atoms with Gasteiger partial charge in [-0.3, -0.25) is 9.59 Å². The molecule has 1 saturated heterocycles. The highest BCUT2D eigenvalue weighted by Crippen LogP contribution is 2.46. The zero-order chi connectivity index (χ0) is 30.4. The molecule has 1 aliphatic carbocycles. The maximum Gasteiger partial charge on any atom is 0.222 e. The van der Waals surface area contributed by atoms with Crippen LogP contribution in [0.1, 0.15) is 72.9 Å². The number of ketones is 1. The number of hydrogen-bond acceptors (Lipinski definition) is 6. The predicted octanol–water partition coefficient (Wildman–Crippen LogP) is 5.81. The lowest BCUT2D eigenvalue weighted by molar-refractivity contribution is -0.132. The van der Waals surface area contributed by atoms with Gasteiger partial charge in [0.25, 0.3) is 0 Å². The second kappa shape index (κ2) is 11.4. The van der Waals surface area contributed by atoms with Gasteiger partial charge in [-0.25, -0.2) is 23.9 Å². The van der Waals surface area contributed by atoms with Gasteiger partial charge in [-0.15, -0.1) is 0 Å². The number of aromatic nitrogens is 6. The first kappa shape index (κ1) is 28.0. The Labute approximate surface area is 252 Å². The number of nitrogens with zero attached hydrogens (tertiary/aromatic N) is 7. The van der Waals surface area contributed by atoms with Crippen LogP contribution >= 0.6 is 0 Å². The Balaban J connectivity index is 1.29. The standard InChI is InChI=1S/C33H31F2N7O2/c1-2-30(44)40-15-12-25(13-16-40)42-32(31(38-33(42)21-3-4-21)20-5-7-23(34)8-6-20)26-9-10-29-37-24(19-41(29)39-26)18-27(43)22-11-14-36-28(35)17-22/h5-11,14,17,19,21,25H,2-4,12-13,15-16,18H2,1H3. The summed E-state index contributed by atoms with van der Waals surface area (Å²) in [5, 5.41) is 4.94. The van der Waals surface area contributed by atoms with Crippen molar-refractivity contribution in [1.29, 1.82) is 0 Å². The minimum absolute atomic E-state index is 0.0121. The quantitative estimate of drug-likeness (QED) is 0.166. The molecule has 2 aliphatic rings. The van der Waals surface area contributed by atoms with Crippen molar-refractivity contribution in [2.24, 2.45) is 0 Å². The summed E-state index contributed by atoms with van der Waals surface area (Å²) in [6.07, 6.45) is 7.16. The molecule has 11 heteroatoms. The third-order valence-electron chi connectivity index (χ3n) is 8.49. The molecule has 1 amide bonds. The molecule has 0 radical (unpaired) electrons. The van der Waals surface area contributed by atoms with E-state index in [1.165, 1.54) is 24.4 Å². The molecule has 0 atom stereocenters. The highest BCUT2D eigenvalue weighted by atomic mass is 19.1. The van der Waals surface area contributed by atoms with Crippen LogP contribution in [0.15, 0.2) is 60.9 Å². The van der Waals surface area contributed by atoms with Crippen LogP contribution in [-0.4, -0.2) is 58.8 Å². The van der Waals surface area contributed by atoms with Crippen LogP contribution < -0.4 is 0 Å². The lowest BCUT2D eigenvalue weighted by Crippen LogP contribution is -2.39. The van der Waals surface area contributed by atoms with Crippen molar-refractivity contribution < 1.29 is 18.4 Å². The number of piperidine rings is 1. The molecule has 4 aromatic heterocycles. The summed E-state index contributed by atoms with van der Waals surface area (Å²) in [7, 11) is 0. The minimum atomic E-state index is -0.709. The molecule has 44 heavy (non-hydrogen) atoms. The molecule has 9 nitrogen and oxygen atoms in total. The van der Waals surface area contributed by atoms with Gasteiger partial charge in [0.05, 0.1) is 29.7 Å². The fourth-order valence-electron chi connectivity index (χ4n) is 6.09. The molecule has 1 aliphatic heterocycles. The topological polar surface area (TPSA) is 98.3 Å². The molecule has 0 bridgehead atoms. The predicted molar refractivity (Wildman–Crippen MR) is 159 cm³/mol. The van der Waals surface area contributed by atoms with Crippen LogP contribution in [-0.2, 0) is 11.2 Å². The van der Waals surface area contributed by atoms with Crippen LogP contribution in [0.25, 0.3) is 28.3 Å². The Morgan fingerprint density at radius 1 is 0.955 bits per heavy atom. The van der Waals surface area contributed by atoms with E-state index in [0.29, 0.717) is 42.5 Å². The Morgan fingerprint density at radius 2 is 1.73 bits per heavy atom. The third-order valence-corrected chi connectivity index (χ3v) is 8.49. The van der Waals surface area contributed by atoms with Crippen molar-refractivity contribution >= 4 is 17.3 Å². The Morgan fingerprint density at radius 3 is 2.43 bits per heavy atom. The Hall–Kier alpha value is -4.80. The van der Waals surface area contributed by atoms with Gasteiger partial charge in [-0.1, -0.05) is 6.92 Å². The van der Waals surface area contributed by atoms with E-state index >= 15 is 0 Å². The molecule has 5 aromatic rings. The molecule has 7 rings (SSSR count). The molecule has 0 unspecified atom stereocenters. The minimum Gasteiger partial charge on any atom is -0.343 e. The molecule has 224 valence electrons. The van der Waals surface area contributed by atoms with E-state index < -0.39 is 5.95 Å². The van der Waals surface area contributed by atoms with Gasteiger partial charge in [0, 0.05) is 54.9 Å². The summed E-state index contributed by atoms with van der Waals surface area (Å²) in [6, 6.07) is 12.8. The van der Waals surface area contributed by atoms with Crippen molar-refractivity contribution in [3.63, 3.8) is 0 Å². The number of Topliss-reactive ketones (excluding diaryl/α,β-unsaturated/α-hetero) is 1. The smallest absolute Gasteiger partial charge is 0.222 e. The molecule has 2 fully saturated rings. The van der Waals surface area contributed by atoms with Crippen molar-refractivity contribution in [2.75, 3.05) is 13.1 Å². The van der Waals surface area contributed by atoms with Gasteiger partial charge in [0.15, 0.2) is 11.4 Å². The first-order chi connectivity index (χ1) is 21.4. The van der Waals surface area contributed by atoms with Crippen molar-refractivity contribution in [2.45, 2.75) is 57.4 Å². The van der Waals surface area contributed by atoms with E-state index in [0.717, 1.165) is 54.5 Å². The Kier molecular flexibility index (Phi) is 7.23. The van der Waals surface area contributed by atoms with Gasteiger partial charge in [-0.05, 0) is 68.1 Å². The fraction of sp³-hybridized carbons (Fsp3) is 0.333. The number of amides is 1. The summed E-state index contributed by atoms with van der Waals surface area (Å²) in [6.45, 7) is 3.25. The normalized spacial score (nSPS) is 15.7. The van der Waals surface area contributed by atoms with E-state index in [9.17, 15) is 18.4 Å². The number of fused-ring (bicyclic) bond motifs is 1. The van der Waals surface area contributed by atoms with Gasteiger partial charge in [-0.2, -0.15) is 9.49 Å². The van der Waals surface area contributed by atoms with Gasteiger partial charge in [0.1, 0.15) is 17.3 Å². The van der Waals surface area contributed by atoms with Crippen molar-refractivity contribution in [3.05, 3.63) is 89.8 Å². The molecular weight excluding hydrogens is 564 g/mol. The first-order valence-corrected chi connectivity index (χ1v) is 15.0. The van der Waals surface area contributed by atoms with Crippen LogP contribution in [0.4, 0.5) is 8.78 Å². The average molecular weight is 596 g/mol. The highest BCUT2D eigenvalue weighted by Gasteiger charge is 2.36. The van der Waals surface area contributed by atoms with Crippen molar-refractivity contribution in [1.82, 2.24) is 34.0 Å². The zero-order valence-electron chi connectivity index (χ0n) is 24.3. The number of benzene rings is 1. The number of rotatable bonds is 8. The SMILES string of the molecule is CCC(=O)N1CCC(n2c(C3CC3)nc(-c3ccc(F)cc3)c2-c2ccc3nc(CC(=O)c4ccnc(F)c4)cn3n2)CC1. The van der Waals surface area contributed by atoms with Crippen molar-refractivity contribution in [3.8, 4) is 22.6 Å². The summed E-state index contributed by atoms with van der Waals surface area (Å²) in [5.74, 6) is 0.209. The number of imidazole rings is 2.